The summed E-state index contributed by atoms with van der Waals surface area (Å²) in [5, 5.41) is 0. The van der Waals surface area contributed by atoms with Crippen LogP contribution in [0.25, 0.3) is 0 Å². The summed E-state index contributed by atoms with van der Waals surface area (Å²) in [6.07, 6.45) is 10.9. The van der Waals surface area contributed by atoms with Crippen molar-refractivity contribution < 1.29 is 36.6 Å². The number of carbonyl (C=O) groups excluding carboxylic acids is 2. The van der Waals surface area contributed by atoms with Crippen LogP contribution in [0.1, 0.15) is 49.7 Å². The lowest BCUT2D eigenvalue weighted by Gasteiger charge is -2.58. The van der Waals surface area contributed by atoms with Crippen LogP contribution in [0, 0.1) is 23.7 Å². The first-order chi connectivity index (χ1) is 26.6. The fourth-order valence-electron chi connectivity index (χ4n) is 15.0. The molecule has 13 heteroatoms. The third-order valence-corrected chi connectivity index (χ3v) is 16.4. The number of nitrogens with zero attached hydrogens (tertiary/aromatic N) is 4. The molecule has 12 aliphatic rings. The first-order valence-corrected chi connectivity index (χ1v) is 21.6. The van der Waals surface area contributed by atoms with Gasteiger partial charge in [-0.3, -0.25) is 28.5 Å². The van der Waals surface area contributed by atoms with Crippen molar-refractivity contribution in [2.24, 2.45) is 23.7 Å². The molecule has 10 aliphatic heterocycles. The molecule has 4 bridgehead atoms. The van der Waals surface area contributed by atoms with Gasteiger partial charge in [-0.1, -0.05) is 59.7 Å². The van der Waals surface area contributed by atoms with E-state index in [9.17, 15) is 9.59 Å². The Bertz CT molecular complexity index is 2080. The second-order valence-electron chi connectivity index (χ2n) is 18.0. The van der Waals surface area contributed by atoms with Crippen LogP contribution in [0.3, 0.4) is 0 Å². The number of carbonyl (C=O) groups is 2. The van der Waals surface area contributed by atoms with E-state index >= 15 is 0 Å². The number of fused-ring (bicyclic) bond motifs is 4. The van der Waals surface area contributed by atoms with Crippen LogP contribution in [0.2, 0.25) is 0 Å². The summed E-state index contributed by atoms with van der Waals surface area (Å²) in [6, 6.07) is 19.3. The van der Waals surface area contributed by atoms with Crippen LogP contribution in [-0.2, 0) is 40.3 Å². The minimum absolute atomic E-state index is 0.104. The van der Waals surface area contributed by atoms with E-state index in [0.29, 0.717) is 73.9 Å². The van der Waals surface area contributed by atoms with E-state index < -0.39 is 10.4 Å². The van der Waals surface area contributed by atoms with E-state index in [1.807, 2.05) is 0 Å². The predicted octanol–water partition coefficient (Wildman–Crippen LogP) is 3.53. The molecule has 8 fully saturated rings. The third-order valence-electron chi connectivity index (χ3n) is 16.4. The molecule has 2 N–H and O–H groups in total. The lowest BCUT2D eigenvalue weighted by molar-refractivity contribution is -0.133. The molecule has 55 heavy (non-hydrogen) atoms. The van der Waals surface area contributed by atoms with Gasteiger partial charge >= 0.3 is 10.4 Å². The van der Waals surface area contributed by atoms with E-state index in [0.717, 1.165) is 13.1 Å². The first kappa shape index (κ1) is 33.7. The van der Waals surface area contributed by atoms with Gasteiger partial charge in [0, 0.05) is 59.2 Å². The summed E-state index contributed by atoms with van der Waals surface area (Å²) in [5.74, 6) is 2.70. The van der Waals surface area contributed by atoms with E-state index in [2.05, 4.69) is 80.3 Å². The Kier molecular flexibility index (Phi) is 6.96. The molecule has 2 aromatic carbocycles. The summed E-state index contributed by atoms with van der Waals surface area (Å²) < 4.78 is 44.1. The van der Waals surface area contributed by atoms with Crippen LogP contribution in [-0.4, -0.2) is 115 Å². The molecule has 2 spiro atoms. The average molecular weight is 767 g/mol. The lowest BCUT2D eigenvalue weighted by Crippen LogP contribution is -2.69. The predicted molar refractivity (Wildman–Crippen MR) is 201 cm³/mol. The number of ether oxygens (including phenoxy) is 2. The van der Waals surface area contributed by atoms with Gasteiger partial charge in [0.2, 0.25) is 11.8 Å². The number of benzene rings is 2. The molecule has 12 nitrogen and oxygen atoms in total. The molecule has 2 saturated carbocycles. The lowest BCUT2D eigenvalue weighted by atomic mass is 9.53. The maximum absolute atomic E-state index is 13.2. The SMILES string of the molecule is O=C1CC2OCC=C3CN4CC[C@@]56c7ccccc7N1C5C2C3CC46.O=C1CC2OCC=C3CN4CC[C@]56c7ccccc7N1C5C2C3CC46.O=S(=O)(O)O. The summed E-state index contributed by atoms with van der Waals surface area (Å²) in [6.45, 7) is 5.94. The number of rotatable bonds is 0. The van der Waals surface area contributed by atoms with E-state index in [1.54, 1.807) is 11.1 Å². The van der Waals surface area contributed by atoms with Crippen LogP contribution in [0.15, 0.2) is 71.8 Å². The highest BCUT2D eigenvalue weighted by Gasteiger charge is 2.72. The molecule has 288 valence electrons. The smallest absolute Gasteiger partial charge is 0.373 e. The van der Waals surface area contributed by atoms with Gasteiger partial charge < -0.3 is 19.3 Å². The second-order valence-corrected chi connectivity index (χ2v) is 18.9. The number of piperidine rings is 4. The van der Waals surface area contributed by atoms with Crippen molar-refractivity contribution in [1.29, 1.82) is 0 Å². The number of hydrogen-bond donors (Lipinski definition) is 2. The monoisotopic (exact) mass is 766 g/mol. The highest BCUT2D eigenvalue weighted by Crippen LogP contribution is 2.67. The number of amides is 2. The Morgan fingerprint density at radius 2 is 1.07 bits per heavy atom. The number of anilines is 2. The molecule has 6 saturated heterocycles. The zero-order chi connectivity index (χ0) is 37.2. The Morgan fingerprint density at radius 1 is 0.655 bits per heavy atom. The number of para-hydroxylation sites is 2. The molecule has 14 rings (SSSR count). The maximum Gasteiger partial charge on any atom is 0.394 e. The van der Waals surface area contributed by atoms with Crippen LogP contribution < -0.4 is 9.80 Å². The zero-order valence-electron chi connectivity index (χ0n) is 30.6. The Morgan fingerprint density at radius 3 is 1.51 bits per heavy atom. The first-order valence-electron chi connectivity index (χ1n) is 20.2. The summed E-state index contributed by atoms with van der Waals surface area (Å²) >= 11 is 0. The minimum Gasteiger partial charge on any atom is -0.373 e. The summed E-state index contributed by atoms with van der Waals surface area (Å²) in [5.41, 5.74) is 8.71. The van der Waals surface area contributed by atoms with Crippen LogP contribution in [0.5, 0.6) is 0 Å². The van der Waals surface area contributed by atoms with Crippen molar-refractivity contribution in [2.75, 3.05) is 49.2 Å². The fraction of sp³-hybridized carbons (Fsp3) is 0.571. The van der Waals surface area contributed by atoms with Crippen molar-refractivity contribution in [1.82, 2.24) is 9.80 Å². The molecule has 12 atom stereocenters. The molecule has 0 radical (unpaired) electrons. The van der Waals surface area contributed by atoms with Gasteiger partial charge in [0.25, 0.3) is 0 Å². The standard InChI is InChI=1S/2C21H22N2O2.H2O4S/c2*24-18-10-16-19-13-9-17-21(6-7-22(17)11-12(13)5-8-25-16)14-3-1-2-4-15(14)23(18)20(19)21;1-5(2,3)4/h2*1-5,13,16-17,19-20H,6-11H2;(H2,1,2,3,4)/t2*13?,16?,17?,19?,20?,21-;/m10./s1. The quantitative estimate of drug-likeness (QED) is 0.303. The fourth-order valence-corrected chi connectivity index (χ4v) is 15.0. The van der Waals surface area contributed by atoms with Gasteiger partial charge in [-0.15, -0.1) is 0 Å². The average Bonchev–Trinajstić information content (AvgIpc) is 3.84. The van der Waals surface area contributed by atoms with Crippen molar-refractivity contribution in [3.05, 3.63) is 83.0 Å². The molecule has 0 aromatic heterocycles. The summed E-state index contributed by atoms with van der Waals surface area (Å²) in [4.78, 5) is 36.2. The molecular formula is C42H46N4O8S. The largest absolute Gasteiger partial charge is 0.394 e. The summed E-state index contributed by atoms with van der Waals surface area (Å²) in [7, 11) is -4.67. The molecule has 10 unspecified atom stereocenters. The second kappa shape index (κ2) is 11.4. The van der Waals surface area contributed by atoms with E-state index in [-0.39, 0.29) is 34.9 Å². The molecule has 2 aliphatic carbocycles. The molecule has 10 heterocycles. The van der Waals surface area contributed by atoms with Gasteiger partial charge in [0.05, 0.1) is 50.3 Å². The van der Waals surface area contributed by atoms with Gasteiger partial charge in [-0.2, -0.15) is 8.42 Å². The van der Waals surface area contributed by atoms with Gasteiger partial charge in [-0.25, -0.2) is 0 Å². The third kappa shape index (κ3) is 4.30. The van der Waals surface area contributed by atoms with E-state index in [4.69, 9.17) is 27.0 Å². The van der Waals surface area contributed by atoms with Crippen molar-refractivity contribution in [3.8, 4) is 0 Å². The highest BCUT2D eigenvalue weighted by molar-refractivity contribution is 7.79. The minimum atomic E-state index is -4.67. The Labute approximate surface area is 320 Å². The Balaban J connectivity index is 0.000000109. The molecule has 2 aromatic rings. The van der Waals surface area contributed by atoms with Crippen molar-refractivity contribution >= 4 is 33.6 Å². The van der Waals surface area contributed by atoms with Gasteiger partial charge in [0.15, 0.2) is 0 Å². The Hall–Kier alpha value is -3.43. The van der Waals surface area contributed by atoms with Gasteiger partial charge in [0.1, 0.15) is 0 Å². The highest BCUT2D eigenvalue weighted by atomic mass is 32.3. The molecule has 2 amide bonds. The van der Waals surface area contributed by atoms with Gasteiger partial charge in [-0.05, 0) is 73.9 Å². The zero-order valence-corrected chi connectivity index (χ0v) is 31.4. The van der Waals surface area contributed by atoms with Crippen molar-refractivity contribution in [2.45, 2.75) is 85.7 Å². The van der Waals surface area contributed by atoms with Crippen LogP contribution in [0.4, 0.5) is 11.4 Å². The normalized spacial score (nSPS) is 42.8. The van der Waals surface area contributed by atoms with Crippen LogP contribution >= 0.6 is 0 Å². The number of hydrogen-bond acceptors (Lipinski definition) is 8. The maximum atomic E-state index is 13.2. The molecular weight excluding hydrogens is 721 g/mol. The van der Waals surface area contributed by atoms with Crippen molar-refractivity contribution in [3.63, 3.8) is 0 Å². The topological polar surface area (TPSA) is 140 Å². The van der Waals surface area contributed by atoms with E-state index in [1.165, 1.54) is 61.3 Å².